The van der Waals surface area contributed by atoms with Crippen LogP contribution in [-0.4, -0.2) is 10.8 Å². The number of hydrogen-bond donors (Lipinski definition) is 1. The molecule has 0 radical (unpaired) electrons. The minimum atomic E-state index is -0.709. The van der Waals surface area contributed by atoms with Gasteiger partial charge in [-0.1, -0.05) is 6.07 Å². The molecule has 1 N–H and O–H groups in total. The van der Waals surface area contributed by atoms with Gasteiger partial charge in [-0.15, -0.1) is 11.3 Å². The molecular formula is C12H9FN2O3S. The summed E-state index contributed by atoms with van der Waals surface area (Å²) < 4.78 is 13.1. The molecule has 0 spiro atoms. The molecule has 0 aliphatic carbocycles. The van der Waals surface area contributed by atoms with Gasteiger partial charge < -0.3 is 5.32 Å². The van der Waals surface area contributed by atoms with Crippen LogP contribution in [-0.2, 0) is 6.54 Å². The molecule has 0 atom stereocenters. The van der Waals surface area contributed by atoms with Crippen molar-refractivity contribution in [3.05, 3.63) is 62.1 Å². The van der Waals surface area contributed by atoms with Crippen LogP contribution in [0.5, 0.6) is 0 Å². The summed E-state index contributed by atoms with van der Waals surface area (Å²) in [6, 6.07) is 6.45. The average molecular weight is 280 g/mol. The van der Waals surface area contributed by atoms with Gasteiger partial charge in [-0.2, -0.15) is 0 Å². The average Bonchev–Trinajstić information content (AvgIpc) is 2.88. The predicted molar refractivity (Wildman–Crippen MR) is 68.5 cm³/mol. The maximum Gasteiger partial charge on any atom is 0.282 e. The van der Waals surface area contributed by atoms with E-state index in [1.807, 2.05) is 17.5 Å². The van der Waals surface area contributed by atoms with Crippen LogP contribution >= 0.6 is 11.3 Å². The first-order chi connectivity index (χ1) is 9.08. The maximum atomic E-state index is 13.1. The number of thiophene rings is 1. The highest BCUT2D eigenvalue weighted by Gasteiger charge is 2.20. The number of hydrogen-bond acceptors (Lipinski definition) is 4. The van der Waals surface area contributed by atoms with Crippen LogP contribution in [0, 0.1) is 15.9 Å². The largest absolute Gasteiger partial charge is 0.347 e. The number of carbonyl (C=O) groups excluding carboxylic acids is 1. The molecule has 2 aromatic rings. The number of carbonyl (C=O) groups is 1. The van der Waals surface area contributed by atoms with Gasteiger partial charge in [0.25, 0.3) is 11.6 Å². The van der Waals surface area contributed by atoms with E-state index in [-0.39, 0.29) is 12.1 Å². The Morgan fingerprint density at radius 1 is 1.42 bits per heavy atom. The molecule has 5 nitrogen and oxygen atoms in total. The van der Waals surface area contributed by atoms with E-state index in [0.29, 0.717) is 0 Å². The first-order valence-electron chi connectivity index (χ1n) is 5.32. The molecule has 19 heavy (non-hydrogen) atoms. The Balaban J connectivity index is 2.18. The number of nitro groups is 1. The lowest BCUT2D eigenvalue weighted by atomic mass is 10.1. The molecular weight excluding hydrogens is 271 g/mol. The number of nitrogens with zero attached hydrogens (tertiary/aromatic N) is 1. The third kappa shape index (κ3) is 3.14. The van der Waals surface area contributed by atoms with Crippen LogP contribution in [0.2, 0.25) is 0 Å². The molecule has 0 aliphatic heterocycles. The molecule has 0 bridgehead atoms. The van der Waals surface area contributed by atoms with E-state index < -0.39 is 22.3 Å². The van der Waals surface area contributed by atoms with Gasteiger partial charge in [-0.05, 0) is 23.6 Å². The van der Waals surface area contributed by atoms with Gasteiger partial charge in [0.05, 0.1) is 11.5 Å². The summed E-state index contributed by atoms with van der Waals surface area (Å²) in [5.41, 5.74) is -0.688. The van der Waals surface area contributed by atoms with E-state index in [9.17, 15) is 19.3 Å². The van der Waals surface area contributed by atoms with Crippen molar-refractivity contribution >= 4 is 22.9 Å². The van der Waals surface area contributed by atoms with Crippen LogP contribution in [0.4, 0.5) is 10.1 Å². The first-order valence-corrected chi connectivity index (χ1v) is 6.20. The topological polar surface area (TPSA) is 72.2 Å². The molecule has 1 heterocycles. The quantitative estimate of drug-likeness (QED) is 0.691. The van der Waals surface area contributed by atoms with Crippen molar-refractivity contribution in [1.29, 1.82) is 0 Å². The van der Waals surface area contributed by atoms with Crippen LogP contribution in [0.1, 0.15) is 15.2 Å². The third-order valence-corrected chi connectivity index (χ3v) is 3.28. The molecule has 7 heteroatoms. The van der Waals surface area contributed by atoms with Crippen molar-refractivity contribution in [2.75, 3.05) is 0 Å². The van der Waals surface area contributed by atoms with E-state index >= 15 is 0 Å². The van der Waals surface area contributed by atoms with Gasteiger partial charge in [0.15, 0.2) is 0 Å². The van der Waals surface area contributed by atoms with Crippen molar-refractivity contribution < 1.29 is 14.1 Å². The second kappa shape index (κ2) is 5.57. The van der Waals surface area contributed by atoms with E-state index in [2.05, 4.69) is 5.32 Å². The highest BCUT2D eigenvalue weighted by Crippen LogP contribution is 2.19. The summed E-state index contributed by atoms with van der Waals surface area (Å²) in [5, 5.41) is 15.2. The van der Waals surface area contributed by atoms with Gasteiger partial charge in [0.1, 0.15) is 11.4 Å². The van der Waals surface area contributed by atoms with Crippen LogP contribution in [0.15, 0.2) is 35.7 Å². The number of benzene rings is 1. The fourth-order valence-corrected chi connectivity index (χ4v) is 2.17. The lowest BCUT2D eigenvalue weighted by molar-refractivity contribution is -0.385. The Bertz CT molecular complexity index is 613. The standard InChI is InChI=1S/C12H9FN2O3S/c13-8-3-4-11(15(17)18)10(6-8)12(16)14-7-9-2-1-5-19-9/h1-6H,7H2,(H,14,16). The SMILES string of the molecule is O=C(NCc1cccs1)c1cc(F)ccc1[N+](=O)[O-]. The monoisotopic (exact) mass is 280 g/mol. The van der Waals surface area contributed by atoms with Crippen molar-refractivity contribution in [3.63, 3.8) is 0 Å². The van der Waals surface area contributed by atoms with E-state index in [4.69, 9.17) is 0 Å². The van der Waals surface area contributed by atoms with Gasteiger partial charge >= 0.3 is 0 Å². The van der Waals surface area contributed by atoms with Crippen molar-refractivity contribution in [2.24, 2.45) is 0 Å². The van der Waals surface area contributed by atoms with Crippen molar-refractivity contribution in [3.8, 4) is 0 Å². The van der Waals surface area contributed by atoms with Crippen molar-refractivity contribution in [1.82, 2.24) is 5.32 Å². The summed E-state index contributed by atoms with van der Waals surface area (Å²) in [6.45, 7) is 0.254. The summed E-state index contributed by atoms with van der Waals surface area (Å²) in [6.07, 6.45) is 0. The van der Waals surface area contributed by atoms with Crippen molar-refractivity contribution in [2.45, 2.75) is 6.54 Å². The second-order valence-electron chi connectivity index (χ2n) is 3.68. The summed E-state index contributed by atoms with van der Waals surface area (Å²) in [4.78, 5) is 22.8. The Morgan fingerprint density at radius 2 is 2.21 bits per heavy atom. The summed E-state index contributed by atoms with van der Waals surface area (Å²) >= 11 is 1.45. The Morgan fingerprint density at radius 3 is 2.84 bits per heavy atom. The van der Waals surface area contributed by atoms with Gasteiger partial charge in [0.2, 0.25) is 0 Å². The van der Waals surface area contributed by atoms with Crippen LogP contribution < -0.4 is 5.32 Å². The molecule has 0 saturated carbocycles. The Hall–Kier alpha value is -2.28. The summed E-state index contributed by atoms with van der Waals surface area (Å²) in [7, 11) is 0. The van der Waals surface area contributed by atoms with Crippen LogP contribution in [0.25, 0.3) is 0 Å². The van der Waals surface area contributed by atoms with E-state index in [0.717, 1.165) is 23.1 Å². The zero-order valence-electron chi connectivity index (χ0n) is 9.63. The van der Waals surface area contributed by atoms with E-state index in [1.165, 1.54) is 11.3 Å². The van der Waals surface area contributed by atoms with Crippen LogP contribution in [0.3, 0.4) is 0 Å². The highest BCUT2D eigenvalue weighted by atomic mass is 32.1. The fourth-order valence-electron chi connectivity index (χ4n) is 1.53. The molecule has 2 rings (SSSR count). The van der Waals surface area contributed by atoms with Gasteiger partial charge in [-0.3, -0.25) is 14.9 Å². The molecule has 0 fully saturated rings. The lowest BCUT2D eigenvalue weighted by Crippen LogP contribution is -2.23. The number of rotatable bonds is 4. The minimum Gasteiger partial charge on any atom is -0.347 e. The number of nitro benzene ring substituents is 1. The molecule has 0 unspecified atom stereocenters. The first kappa shape index (κ1) is 13.2. The maximum absolute atomic E-state index is 13.1. The smallest absolute Gasteiger partial charge is 0.282 e. The molecule has 98 valence electrons. The number of halogens is 1. The second-order valence-corrected chi connectivity index (χ2v) is 4.71. The third-order valence-electron chi connectivity index (χ3n) is 2.40. The predicted octanol–water partition coefficient (Wildman–Crippen LogP) is 2.73. The molecule has 0 aliphatic rings. The van der Waals surface area contributed by atoms with Gasteiger partial charge in [-0.25, -0.2) is 4.39 Å². The van der Waals surface area contributed by atoms with E-state index in [1.54, 1.807) is 0 Å². The fraction of sp³-hybridized carbons (Fsp3) is 0.0833. The molecule has 0 saturated heterocycles. The highest BCUT2D eigenvalue weighted by molar-refractivity contribution is 7.09. The zero-order valence-corrected chi connectivity index (χ0v) is 10.4. The number of nitrogens with one attached hydrogen (secondary N) is 1. The lowest BCUT2D eigenvalue weighted by Gasteiger charge is -2.04. The molecule has 1 aromatic carbocycles. The zero-order chi connectivity index (χ0) is 13.8. The Labute approximate surface area is 111 Å². The Kier molecular flexibility index (Phi) is 3.86. The minimum absolute atomic E-state index is 0.254. The molecule has 1 amide bonds. The molecule has 1 aromatic heterocycles. The van der Waals surface area contributed by atoms with Gasteiger partial charge in [0, 0.05) is 10.9 Å². The summed E-state index contributed by atoms with van der Waals surface area (Å²) in [5.74, 6) is -1.36. The normalized spacial score (nSPS) is 10.2. The number of amides is 1.